The average molecular weight is 226 g/mol. The molecule has 0 heterocycles. The minimum atomic E-state index is -0.00609. The Labute approximate surface area is 81.1 Å². The van der Waals surface area contributed by atoms with Crippen LogP contribution in [0.4, 0.5) is 0 Å². The maximum Gasteiger partial charge on any atom is 0.0414 e. The van der Waals surface area contributed by atoms with Gasteiger partial charge >= 0.3 is 0 Å². The van der Waals surface area contributed by atoms with Gasteiger partial charge in [-0.3, -0.25) is 0 Å². The lowest BCUT2D eigenvalue weighted by Gasteiger charge is -2.12. The van der Waals surface area contributed by atoms with Gasteiger partial charge in [0.25, 0.3) is 0 Å². The summed E-state index contributed by atoms with van der Waals surface area (Å²) >= 11 is 3.46. The third-order valence-corrected chi connectivity index (χ3v) is 3.02. The number of hydrogen-bond donors (Lipinski definition) is 1. The molecule has 1 saturated carbocycles. The smallest absolute Gasteiger partial charge is 0.0414 e. The lowest BCUT2D eigenvalue weighted by Crippen LogP contribution is -2.19. The molecule has 0 radical (unpaired) electrons. The van der Waals surface area contributed by atoms with Crippen LogP contribution in [0.1, 0.15) is 24.0 Å². The van der Waals surface area contributed by atoms with E-state index in [1.54, 1.807) is 0 Å². The average Bonchev–Trinajstić information content (AvgIpc) is 2.75. The van der Waals surface area contributed by atoms with E-state index in [-0.39, 0.29) is 5.54 Å². The predicted octanol–water partition coefficient (Wildman–Crippen LogP) is 2.71. The monoisotopic (exact) mass is 225 g/mol. The Kier molecular flexibility index (Phi) is 1.77. The molecule has 2 rings (SSSR count). The zero-order chi connectivity index (χ0) is 8.77. The Bertz CT molecular complexity index is 316. The molecule has 1 aliphatic rings. The molecule has 0 aliphatic heterocycles. The predicted molar refractivity (Wildman–Crippen MR) is 54.0 cm³/mol. The van der Waals surface area contributed by atoms with E-state index in [1.807, 2.05) is 0 Å². The van der Waals surface area contributed by atoms with Crippen LogP contribution in [-0.4, -0.2) is 0 Å². The first kappa shape index (κ1) is 8.27. The summed E-state index contributed by atoms with van der Waals surface area (Å²) in [6, 6.07) is 6.32. The van der Waals surface area contributed by atoms with Crippen LogP contribution < -0.4 is 5.73 Å². The second-order valence-corrected chi connectivity index (χ2v) is 4.53. The molecule has 1 aromatic rings. The quantitative estimate of drug-likeness (QED) is 0.782. The molecule has 0 amide bonds. The van der Waals surface area contributed by atoms with Gasteiger partial charge in [-0.25, -0.2) is 0 Å². The number of halogens is 1. The maximum atomic E-state index is 6.12. The number of hydrogen-bond acceptors (Lipinski definition) is 1. The molecule has 0 aromatic heterocycles. The lowest BCUT2D eigenvalue weighted by molar-refractivity contribution is 0.732. The van der Waals surface area contributed by atoms with Gasteiger partial charge in [0, 0.05) is 10.0 Å². The first-order valence-corrected chi connectivity index (χ1v) is 4.97. The number of aryl methyl sites for hydroxylation is 1. The molecule has 0 bridgehead atoms. The Morgan fingerprint density at radius 1 is 1.42 bits per heavy atom. The second kappa shape index (κ2) is 2.57. The molecule has 64 valence electrons. The third kappa shape index (κ3) is 1.29. The van der Waals surface area contributed by atoms with E-state index in [0.29, 0.717) is 0 Å². The fourth-order valence-corrected chi connectivity index (χ4v) is 1.90. The Hall–Kier alpha value is -0.340. The van der Waals surface area contributed by atoms with Crippen molar-refractivity contribution in [2.24, 2.45) is 5.73 Å². The lowest BCUT2D eigenvalue weighted by atomic mass is 10.0. The summed E-state index contributed by atoms with van der Waals surface area (Å²) in [5.41, 5.74) is 8.72. The summed E-state index contributed by atoms with van der Waals surface area (Å²) in [6.07, 6.45) is 2.26. The molecule has 1 fully saturated rings. The fraction of sp³-hybridized carbons (Fsp3) is 0.400. The standard InChI is InChI=1S/C10H12BrN/c1-7-2-3-8(11)6-9(7)10(12)4-5-10/h2-3,6H,4-5,12H2,1H3. The fourth-order valence-electron chi connectivity index (χ4n) is 1.53. The second-order valence-electron chi connectivity index (χ2n) is 3.62. The summed E-state index contributed by atoms with van der Waals surface area (Å²) in [7, 11) is 0. The Morgan fingerprint density at radius 2 is 2.08 bits per heavy atom. The molecule has 0 saturated heterocycles. The largest absolute Gasteiger partial charge is 0.321 e. The van der Waals surface area contributed by atoms with Gasteiger partial charge in [-0.15, -0.1) is 0 Å². The van der Waals surface area contributed by atoms with Crippen molar-refractivity contribution in [1.82, 2.24) is 0 Å². The molecule has 1 aromatic carbocycles. The number of benzene rings is 1. The van der Waals surface area contributed by atoms with Gasteiger partial charge in [0.15, 0.2) is 0 Å². The summed E-state index contributed by atoms with van der Waals surface area (Å²) in [6.45, 7) is 2.12. The van der Waals surface area contributed by atoms with Gasteiger partial charge in [0.05, 0.1) is 0 Å². The van der Waals surface area contributed by atoms with Crippen LogP contribution in [0, 0.1) is 6.92 Å². The van der Waals surface area contributed by atoms with Crippen LogP contribution in [0.5, 0.6) is 0 Å². The number of rotatable bonds is 1. The zero-order valence-electron chi connectivity index (χ0n) is 7.10. The molecule has 2 heteroatoms. The topological polar surface area (TPSA) is 26.0 Å². The minimum absolute atomic E-state index is 0.00609. The SMILES string of the molecule is Cc1ccc(Br)cc1C1(N)CC1. The van der Waals surface area contributed by atoms with Crippen LogP contribution >= 0.6 is 15.9 Å². The summed E-state index contributed by atoms with van der Waals surface area (Å²) in [4.78, 5) is 0. The molecule has 0 unspecified atom stereocenters. The number of nitrogens with two attached hydrogens (primary N) is 1. The van der Waals surface area contributed by atoms with Crippen molar-refractivity contribution < 1.29 is 0 Å². The van der Waals surface area contributed by atoms with E-state index in [4.69, 9.17) is 5.73 Å². The van der Waals surface area contributed by atoms with E-state index >= 15 is 0 Å². The molecule has 2 N–H and O–H groups in total. The van der Waals surface area contributed by atoms with Crippen molar-refractivity contribution >= 4 is 15.9 Å². The highest BCUT2D eigenvalue weighted by Crippen LogP contribution is 2.44. The van der Waals surface area contributed by atoms with Crippen molar-refractivity contribution in [2.75, 3.05) is 0 Å². The molecule has 12 heavy (non-hydrogen) atoms. The van der Waals surface area contributed by atoms with E-state index in [2.05, 4.69) is 41.1 Å². The van der Waals surface area contributed by atoms with Crippen LogP contribution in [-0.2, 0) is 5.54 Å². The van der Waals surface area contributed by atoms with E-state index in [1.165, 1.54) is 11.1 Å². The van der Waals surface area contributed by atoms with Gasteiger partial charge < -0.3 is 5.73 Å². The van der Waals surface area contributed by atoms with Gasteiger partial charge in [0.2, 0.25) is 0 Å². The van der Waals surface area contributed by atoms with Crippen molar-refractivity contribution in [3.63, 3.8) is 0 Å². The van der Waals surface area contributed by atoms with Crippen LogP contribution in [0.3, 0.4) is 0 Å². The molecule has 0 spiro atoms. The van der Waals surface area contributed by atoms with Gasteiger partial charge in [-0.05, 0) is 43.0 Å². The molecule has 1 aliphatic carbocycles. The summed E-state index contributed by atoms with van der Waals surface area (Å²) < 4.78 is 1.12. The first-order chi connectivity index (χ1) is 5.62. The van der Waals surface area contributed by atoms with Crippen molar-refractivity contribution in [2.45, 2.75) is 25.3 Å². The minimum Gasteiger partial charge on any atom is -0.321 e. The van der Waals surface area contributed by atoms with Crippen molar-refractivity contribution in [3.05, 3.63) is 33.8 Å². The van der Waals surface area contributed by atoms with E-state index < -0.39 is 0 Å². The van der Waals surface area contributed by atoms with Crippen LogP contribution in [0.2, 0.25) is 0 Å². The summed E-state index contributed by atoms with van der Waals surface area (Å²) in [5, 5.41) is 0. The summed E-state index contributed by atoms with van der Waals surface area (Å²) in [5.74, 6) is 0. The highest BCUT2D eigenvalue weighted by atomic mass is 79.9. The van der Waals surface area contributed by atoms with Gasteiger partial charge in [-0.1, -0.05) is 22.0 Å². The molecular weight excluding hydrogens is 214 g/mol. The van der Waals surface area contributed by atoms with Crippen LogP contribution in [0.25, 0.3) is 0 Å². The van der Waals surface area contributed by atoms with E-state index in [0.717, 1.165) is 17.3 Å². The molecule has 0 atom stereocenters. The zero-order valence-corrected chi connectivity index (χ0v) is 8.69. The first-order valence-electron chi connectivity index (χ1n) is 4.17. The maximum absolute atomic E-state index is 6.12. The van der Waals surface area contributed by atoms with Crippen LogP contribution in [0.15, 0.2) is 22.7 Å². The molecular formula is C10H12BrN. The third-order valence-electron chi connectivity index (χ3n) is 2.52. The van der Waals surface area contributed by atoms with Crippen molar-refractivity contribution in [1.29, 1.82) is 0 Å². The molecule has 1 nitrogen and oxygen atoms in total. The van der Waals surface area contributed by atoms with Gasteiger partial charge in [0.1, 0.15) is 0 Å². The van der Waals surface area contributed by atoms with Crippen molar-refractivity contribution in [3.8, 4) is 0 Å². The Morgan fingerprint density at radius 3 is 2.67 bits per heavy atom. The highest BCUT2D eigenvalue weighted by molar-refractivity contribution is 9.10. The Balaban J connectivity index is 2.48. The van der Waals surface area contributed by atoms with Gasteiger partial charge in [-0.2, -0.15) is 0 Å². The highest BCUT2D eigenvalue weighted by Gasteiger charge is 2.40. The normalized spacial score (nSPS) is 19.2. The van der Waals surface area contributed by atoms with E-state index in [9.17, 15) is 0 Å².